The van der Waals surface area contributed by atoms with Gasteiger partial charge in [0, 0.05) is 22.9 Å². The van der Waals surface area contributed by atoms with Crippen LogP contribution < -0.4 is 4.74 Å². The number of aliphatic imine (C=N–C) groups is 1. The number of aliphatic hydroxyl groups is 1. The Morgan fingerprint density at radius 2 is 2.19 bits per heavy atom. The molecular weight excluding hydrogens is 332 g/mol. The van der Waals surface area contributed by atoms with Gasteiger partial charge in [-0.2, -0.15) is 0 Å². The van der Waals surface area contributed by atoms with Crippen LogP contribution >= 0.6 is 0 Å². The largest absolute Gasteiger partial charge is 0.504 e. The molecule has 3 heterocycles. The molecule has 5 aliphatic rings. The molecule has 6 rings (SSSR count). The zero-order chi connectivity index (χ0) is 17.9. The number of phenolic OH excluding ortho intramolecular Hbond substituents is 1. The maximum absolute atomic E-state index is 10.4. The first kappa shape index (κ1) is 16.1. The lowest BCUT2D eigenvalue weighted by molar-refractivity contribution is -0.0453. The van der Waals surface area contributed by atoms with Crippen LogP contribution in [0.15, 0.2) is 29.3 Å². The second-order valence-corrected chi connectivity index (χ2v) is 7.81. The van der Waals surface area contributed by atoms with Crippen molar-refractivity contribution in [2.45, 2.75) is 36.5 Å². The van der Waals surface area contributed by atoms with Crippen LogP contribution in [-0.2, 0) is 16.6 Å². The Kier molecular flexibility index (Phi) is 3.56. The van der Waals surface area contributed by atoms with E-state index in [1.807, 2.05) is 12.1 Å². The number of nitrogens with zero attached hydrogens (tertiary/aromatic N) is 2. The molecule has 138 valence electrons. The minimum atomic E-state index is -0.594. The Balaban J connectivity index is 0.000000262. The molecule has 0 unspecified atom stereocenters. The zero-order valence-electron chi connectivity index (χ0n) is 14.8. The number of likely N-dealkylation sites (tertiary alicyclic amines) is 1. The highest BCUT2D eigenvalue weighted by Gasteiger charge is 2.64. The molecule has 0 amide bonds. The van der Waals surface area contributed by atoms with Crippen molar-refractivity contribution < 1.29 is 19.7 Å². The molecule has 3 aliphatic heterocycles. The molecular formula is C20H24N2O4. The normalized spacial score (nSPS) is 38.1. The van der Waals surface area contributed by atoms with E-state index in [2.05, 4.69) is 27.8 Å². The van der Waals surface area contributed by atoms with Gasteiger partial charge in [-0.25, -0.2) is 0 Å². The molecule has 0 saturated carbocycles. The van der Waals surface area contributed by atoms with Gasteiger partial charge in [0.25, 0.3) is 0 Å². The van der Waals surface area contributed by atoms with Gasteiger partial charge in [-0.15, -0.1) is 0 Å². The maximum atomic E-state index is 10.4. The fourth-order valence-corrected chi connectivity index (χ4v) is 5.50. The minimum Gasteiger partial charge on any atom is -0.504 e. The van der Waals surface area contributed by atoms with Gasteiger partial charge in [-0.3, -0.25) is 4.99 Å². The second-order valence-electron chi connectivity index (χ2n) is 7.81. The van der Waals surface area contributed by atoms with Crippen LogP contribution in [-0.4, -0.2) is 66.5 Å². The summed E-state index contributed by atoms with van der Waals surface area (Å²) in [4.78, 5) is 6.17. The summed E-state index contributed by atoms with van der Waals surface area (Å²) in [5, 5.41) is 20.6. The Morgan fingerprint density at radius 1 is 1.31 bits per heavy atom. The summed E-state index contributed by atoms with van der Waals surface area (Å²) >= 11 is 0. The van der Waals surface area contributed by atoms with Crippen LogP contribution in [0.5, 0.6) is 11.5 Å². The monoisotopic (exact) mass is 356 g/mol. The van der Waals surface area contributed by atoms with E-state index in [0.717, 1.165) is 32.5 Å². The van der Waals surface area contributed by atoms with E-state index >= 15 is 0 Å². The lowest BCUT2D eigenvalue weighted by Crippen LogP contribution is -2.64. The summed E-state index contributed by atoms with van der Waals surface area (Å²) in [6.07, 6.45) is 6.66. The average Bonchev–Trinajstić information content (AvgIpc) is 3.31. The molecule has 1 saturated heterocycles. The first-order valence-electron chi connectivity index (χ1n) is 9.31. The molecule has 6 heteroatoms. The predicted octanol–water partition coefficient (Wildman–Crippen LogP) is 1.24. The van der Waals surface area contributed by atoms with E-state index < -0.39 is 6.10 Å². The molecule has 0 aromatic heterocycles. The van der Waals surface area contributed by atoms with Crippen molar-refractivity contribution >= 4 is 6.40 Å². The van der Waals surface area contributed by atoms with Gasteiger partial charge < -0.3 is 24.6 Å². The molecule has 2 aliphatic carbocycles. The Hall–Kier alpha value is -2.05. The lowest BCUT2D eigenvalue weighted by Gasteiger charge is -2.56. The first-order chi connectivity index (χ1) is 12.6. The molecule has 6 nitrogen and oxygen atoms in total. The number of ether oxygens (including phenoxy) is 2. The van der Waals surface area contributed by atoms with Gasteiger partial charge in [-0.1, -0.05) is 18.2 Å². The summed E-state index contributed by atoms with van der Waals surface area (Å²) < 4.78 is 10.7. The summed E-state index contributed by atoms with van der Waals surface area (Å²) in [6, 6.07) is 4.23. The Bertz CT molecular complexity index is 786. The van der Waals surface area contributed by atoms with Crippen molar-refractivity contribution in [2.75, 3.05) is 26.7 Å². The summed E-state index contributed by atoms with van der Waals surface area (Å²) in [5.74, 6) is 1.19. The number of benzene rings is 1. The molecule has 26 heavy (non-hydrogen) atoms. The quantitative estimate of drug-likeness (QED) is 0.684. The number of rotatable bonds is 0. The third-order valence-corrected chi connectivity index (χ3v) is 6.64. The molecule has 2 N–H and O–H groups in total. The van der Waals surface area contributed by atoms with E-state index in [9.17, 15) is 10.2 Å². The van der Waals surface area contributed by atoms with Gasteiger partial charge in [0.05, 0.1) is 6.54 Å². The standard InChI is InChI=1S/C17H19NO3.C3H5NO/c1-18-7-6-17-10-3-5-13(20)16(17)21-15-12(19)4-2-9(14(15)17)8-11(10)18;1-2-5-3-4-1/h2-5,10-11,13,16,19-20H,6-8H2,1H3;3H,1-2H2/t10-,11+,13-,16-,17-;/m0./s1. The highest BCUT2D eigenvalue weighted by atomic mass is 16.5. The molecule has 2 bridgehead atoms. The lowest BCUT2D eigenvalue weighted by atomic mass is 9.53. The van der Waals surface area contributed by atoms with Crippen LogP contribution in [0.3, 0.4) is 0 Å². The van der Waals surface area contributed by atoms with Crippen molar-refractivity contribution in [1.29, 1.82) is 0 Å². The SMILES string of the molecule is C1=NCCO1.CN1CC[C@]23c4c5ccc(O)c4O[C@H]2[C@@H](O)C=C[C@H]3[C@H]1C5. The van der Waals surface area contributed by atoms with Crippen LogP contribution in [0.1, 0.15) is 17.5 Å². The molecule has 5 atom stereocenters. The number of piperidine rings is 1. The van der Waals surface area contributed by atoms with E-state index in [1.54, 1.807) is 6.07 Å². The molecule has 1 spiro atoms. The third-order valence-electron chi connectivity index (χ3n) is 6.64. The van der Waals surface area contributed by atoms with Crippen LogP contribution in [0.2, 0.25) is 0 Å². The molecule has 1 aromatic rings. The van der Waals surface area contributed by atoms with Crippen LogP contribution in [0.25, 0.3) is 0 Å². The molecule has 1 fully saturated rings. The van der Waals surface area contributed by atoms with E-state index in [4.69, 9.17) is 4.74 Å². The fourth-order valence-electron chi connectivity index (χ4n) is 5.50. The number of aromatic hydroxyl groups is 1. The summed E-state index contributed by atoms with van der Waals surface area (Å²) in [6.45, 7) is 2.64. The first-order valence-corrected chi connectivity index (χ1v) is 9.31. The third kappa shape index (κ3) is 2.03. The number of likely N-dealkylation sites (N-methyl/N-ethyl adjacent to an activating group) is 1. The highest BCUT2D eigenvalue weighted by Crippen LogP contribution is 2.62. The number of hydrogen-bond donors (Lipinski definition) is 2. The second kappa shape index (κ2) is 5.72. The van der Waals surface area contributed by atoms with Gasteiger partial charge in [-0.05, 0) is 38.1 Å². The van der Waals surface area contributed by atoms with E-state index in [0.29, 0.717) is 17.7 Å². The average molecular weight is 356 g/mol. The predicted molar refractivity (Wildman–Crippen MR) is 96.9 cm³/mol. The van der Waals surface area contributed by atoms with Crippen molar-refractivity contribution in [3.05, 3.63) is 35.4 Å². The number of phenols is 1. The Morgan fingerprint density at radius 3 is 2.92 bits per heavy atom. The summed E-state index contributed by atoms with van der Waals surface area (Å²) in [5.41, 5.74) is 2.29. The van der Waals surface area contributed by atoms with Gasteiger partial charge in [0.2, 0.25) is 0 Å². The van der Waals surface area contributed by atoms with E-state index in [-0.39, 0.29) is 17.3 Å². The van der Waals surface area contributed by atoms with Gasteiger partial charge in [0.15, 0.2) is 17.9 Å². The van der Waals surface area contributed by atoms with Crippen LogP contribution in [0, 0.1) is 5.92 Å². The van der Waals surface area contributed by atoms with E-state index in [1.165, 1.54) is 17.5 Å². The number of hydrogen-bond acceptors (Lipinski definition) is 6. The van der Waals surface area contributed by atoms with Gasteiger partial charge >= 0.3 is 0 Å². The van der Waals surface area contributed by atoms with Gasteiger partial charge in [0.1, 0.15) is 18.8 Å². The topological polar surface area (TPSA) is 74.5 Å². The fraction of sp³-hybridized carbons (Fsp3) is 0.550. The molecule has 0 radical (unpaired) electrons. The highest BCUT2D eigenvalue weighted by molar-refractivity contribution is 5.61. The zero-order valence-corrected chi connectivity index (χ0v) is 14.8. The van der Waals surface area contributed by atoms with Crippen molar-refractivity contribution in [1.82, 2.24) is 4.90 Å². The smallest absolute Gasteiger partial charge is 0.169 e. The van der Waals surface area contributed by atoms with Crippen molar-refractivity contribution in [2.24, 2.45) is 10.9 Å². The van der Waals surface area contributed by atoms with Crippen LogP contribution in [0.4, 0.5) is 0 Å². The minimum absolute atomic E-state index is 0.160. The number of aliphatic hydroxyl groups excluding tert-OH is 1. The Labute approximate surface area is 152 Å². The van der Waals surface area contributed by atoms with Crippen molar-refractivity contribution in [3.8, 4) is 11.5 Å². The maximum Gasteiger partial charge on any atom is 0.169 e. The summed E-state index contributed by atoms with van der Waals surface area (Å²) in [7, 11) is 2.19. The van der Waals surface area contributed by atoms with Crippen molar-refractivity contribution in [3.63, 3.8) is 0 Å². The molecule has 1 aromatic carbocycles.